The fraction of sp³-hybridized carbons (Fsp3) is 0.571. The summed E-state index contributed by atoms with van der Waals surface area (Å²) in [4.78, 5) is 10.5. The molecule has 0 amide bonds. The van der Waals surface area contributed by atoms with Crippen LogP contribution in [0.25, 0.3) is 0 Å². The van der Waals surface area contributed by atoms with E-state index in [9.17, 15) is 4.79 Å². The predicted octanol–water partition coefficient (Wildman–Crippen LogP) is 0.486. The summed E-state index contributed by atoms with van der Waals surface area (Å²) in [5, 5.41) is 8.92. The van der Waals surface area contributed by atoms with E-state index in [1.165, 1.54) is 7.11 Å². The Balaban J connectivity index is 3.61. The van der Waals surface area contributed by atoms with Crippen molar-refractivity contribution in [3.8, 4) is 0 Å². The number of hydrogen-bond donors (Lipinski definition) is 1. The van der Waals surface area contributed by atoms with Crippen molar-refractivity contribution >= 4 is 5.97 Å². The third kappa shape index (κ3) is 3.25. The molecule has 3 heteroatoms. The summed E-state index contributed by atoms with van der Waals surface area (Å²) >= 11 is 0. The van der Waals surface area contributed by atoms with Crippen molar-refractivity contribution in [2.45, 2.75) is 19.4 Å². The second-order valence-corrected chi connectivity index (χ2v) is 1.84. The van der Waals surface area contributed by atoms with E-state index in [1.807, 2.05) is 6.92 Å². The summed E-state index contributed by atoms with van der Waals surface area (Å²) in [5.41, 5.74) is 0. The zero-order chi connectivity index (χ0) is 7.98. The molecule has 0 radical (unpaired) electrons. The van der Waals surface area contributed by atoms with Gasteiger partial charge in [0.05, 0.1) is 7.11 Å². The lowest BCUT2D eigenvalue weighted by Crippen LogP contribution is -2.20. The molecule has 1 unspecified atom stereocenters. The molecular weight excluding hydrogens is 132 g/mol. The van der Waals surface area contributed by atoms with Crippen LogP contribution in [0.15, 0.2) is 12.2 Å². The smallest absolute Gasteiger partial charge is 0.335 e. The van der Waals surface area contributed by atoms with E-state index in [0.29, 0.717) is 6.42 Å². The van der Waals surface area contributed by atoms with Crippen LogP contribution in [-0.2, 0) is 9.53 Å². The maximum absolute atomic E-state index is 10.5. The first kappa shape index (κ1) is 9.17. The van der Waals surface area contributed by atoms with Gasteiger partial charge >= 0.3 is 5.97 Å². The molecule has 0 saturated heterocycles. The molecule has 0 bridgehead atoms. The number of methoxy groups -OCH3 is 1. The van der Waals surface area contributed by atoms with Crippen LogP contribution in [0, 0.1) is 0 Å². The lowest BCUT2D eigenvalue weighted by atomic mass is 10.2. The molecule has 0 aliphatic carbocycles. The number of carbonyl (C=O) groups is 1. The van der Waals surface area contributed by atoms with Crippen LogP contribution in [0.3, 0.4) is 0 Å². The zero-order valence-corrected chi connectivity index (χ0v) is 6.20. The topological polar surface area (TPSA) is 46.5 Å². The molecule has 0 saturated carbocycles. The molecule has 10 heavy (non-hydrogen) atoms. The minimum atomic E-state index is -1.01. The van der Waals surface area contributed by atoms with Gasteiger partial charge in [0.25, 0.3) is 0 Å². The second-order valence-electron chi connectivity index (χ2n) is 1.84. The molecule has 0 spiro atoms. The maximum atomic E-state index is 10.5. The minimum Gasteiger partial charge on any atom is -0.467 e. The normalized spacial score (nSPS) is 13.5. The fourth-order valence-electron chi connectivity index (χ4n) is 0.497. The van der Waals surface area contributed by atoms with Gasteiger partial charge in [-0.3, -0.25) is 0 Å². The largest absolute Gasteiger partial charge is 0.467 e. The molecule has 0 heterocycles. The van der Waals surface area contributed by atoms with Crippen molar-refractivity contribution < 1.29 is 14.6 Å². The van der Waals surface area contributed by atoms with Crippen LogP contribution in [0.5, 0.6) is 0 Å². The average molecular weight is 144 g/mol. The van der Waals surface area contributed by atoms with Crippen molar-refractivity contribution in [2.75, 3.05) is 7.11 Å². The van der Waals surface area contributed by atoms with Crippen molar-refractivity contribution in [2.24, 2.45) is 0 Å². The molecule has 0 rings (SSSR count). The third-order valence-corrected chi connectivity index (χ3v) is 1.07. The highest BCUT2D eigenvalue weighted by Gasteiger charge is 2.11. The van der Waals surface area contributed by atoms with Crippen LogP contribution >= 0.6 is 0 Å². The van der Waals surface area contributed by atoms with E-state index in [4.69, 9.17) is 5.11 Å². The highest BCUT2D eigenvalue weighted by Crippen LogP contribution is 1.94. The van der Waals surface area contributed by atoms with Gasteiger partial charge in [-0.05, 0) is 6.92 Å². The van der Waals surface area contributed by atoms with Crippen molar-refractivity contribution in [1.82, 2.24) is 0 Å². The van der Waals surface area contributed by atoms with Gasteiger partial charge in [-0.1, -0.05) is 12.2 Å². The molecule has 3 nitrogen and oxygen atoms in total. The van der Waals surface area contributed by atoms with E-state index >= 15 is 0 Å². The first-order valence-electron chi connectivity index (χ1n) is 3.09. The van der Waals surface area contributed by atoms with Crippen molar-refractivity contribution in [1.29, 1.82) is 0 Å². The molecule has 0 aliphatic rings. The predicted molar refractivity (Wildman–Crippen MR) is 37.5 cm³/mol. The highest BCUT2D eigenvalue weighted by molar-refractivity contribution is 5.74. The number of hydrogen-bond acceptors (Lipinski definition) is 3. The van der Waals surface area contributed by atoms with Gasteiger partial charge in [0.15, 0.2) is 6.10 Å². The van der Waals surface area contributed by atoms with Crippen LogP contribution < -0.4 is 0 Å². The van der Waals surface area contributed by atoms with Gasteiger partial charge in [-0.15, -0.1) is 0 Å². The SMILES string of the molecule is C/C=C/CC(O)C(=O)OC. The Kier molecular flexibility index (Phi) is 4.58. The molecule has 0 aromatic rings. The van der Waals surface area contributed by atoms with Crippen molar-refractivity contribution in [3.63, 3.8) is 0 Å². The number of rotatable bonds is 3. The number of esters is 1. The molecule has 0 aromatic heterocycles. The van der Waals surface area contributed by atoms with Gasteiger partial charge in [-0.25, -0.2) is 4.79 Å². The van der Waals surface area contributed by atoms with Gasteiger partial charge in [0.1, 0.15) is 0 Å². The Morgan fingerprint density at radius 3 is 2.80 bits per heavy atom. The maximum Gasteiger partial charge on any atom is 0.335 e. The number of ether oxygens (including phenoxy) is 1. The van der Waals surface area contributed by atoms with Crippen LogP contribution in [0.1, 0.15) is 13.3 Å². The summed E-state index contributed by atoms with van der Waals surface area (Å²) in [7, 11) is 1.25. The summed E-state index contributed by atoms with van der Waals surface area (Å²) in [5.74, 6) is -0.585. The molecule has 1 atom stereocenters. The number of aliphatic hydroxyl groups excluding tert-OH is 1. The van der Waals surface area contributed by atoms with Crippen LogP contribution in [-0.4, -0.2) is 24.3 Å². The minimum absolute atomic E-state index is 0.323. The number of carbonyl (C=O) groups excluding carboxylic acids is 1. The summed E-state index contributed by atoms with van der Waals surface area (Å²) in [6, 6.07) is 0. The molecular formula is C7H12O3. The molecule has 0 fully saturated rings. The Morgan fingerprint density at radius 2 is 2.40 bits per heavy atom. The van der Waals surface area contributed by atoms with Crippen LogP contribution in [0.4, 0.5) is 0 Å². The lowest BCUT2D eigenvalue weighted by Gasteiger charge is -2.03. The number of aliphatic hydroxyl groups is 1. The van der Waals surface area contributed by atoms with Crippen LogP contribution in [0.2, 0.25) is 0 Å². The summed E-state index contributed by atoms with van der Waals surface area (Å²) in [6.07, 6.45) is 2.79. The summed E-state index contributed by atoms with van der Waals surface area (Å²) in [6.45, 7) is 1.82. The van der Waals surface area contributed by atoms with E-state index < -0.39 is 12.1 Å². The molecule has 1 N–H and O–H groups in total. The highest BCUT2D eigenvalue weighted by atomic mass is 16.5. The number of allylic oxidation sites excluding steroid dienone is 1. The van der Waals surface area contributed by atoms with Gasteiger partial charge in [0, 0.05) is 6.42 Å². The fourth-order valence-corrected chi connectivity index (χ4v) is 0.497. The quantitative estimate of drug-likeness (QED) is 0.463. The Bertz CT molecular complexity index is 129. The van der Waals surface area contributed by atoms with Gasteiger partial charge in [-0.2, -0.15) is 0 Å². The summed E-state index contributed by atoms with van der Waals surface area (Å²) < 4.78 is 4.29. The third-order valence-electron chi connectivity index (χ3n) is 1.07. The second kappa shape index (κ2) is 4.99. The molecule has 0 aliphatic heterocycles. The molecule has 0 aromatic carbocycles. The Hall–Kier alpha value is -0.830. The Labute approximate surface area is 60.3 Å². The van der Waals surface area contributed by atoms with Gasteiger partial charge in [0.2, 0.25) is 0 Å². The van der Waals surface area contributed by atoms with E-state index in [2.05, 4.69) is 4.74 Å². The van der Waals surface area contributed by atoms with E-state index in [1.54, 1.807) is 12.2 Å². The standard InChI is InChI=1S/C7H12O3/c1-3-4-5-6(8)7(9)10-2/h3-4,6,8H,5H2,1-2H3/b4-3+. The average Bonchev–Trinajstić information content (AvgIpc) is 1.98. The van der Waals surface area contributed by atoms with Crippen molar-refractivity contribution in [3.05, 3.63) is 12.2 Å². The van der Waals surface area contributed by atoms with E-state index in [0.717, 1.165) is 0 Å². The monoisotopic (exact) mass is 144 g/mol. The zero-order valence-electron chi connectivity index (χ0n) is 6.20. The van der Waals surface area contributed by atoms with E-state index in [-0.39, 0.29) is 0 Å². The van der Waals surface area contributed by atoms with Gasteiger partial charge < -0.3 is 9.84 Å². The first-order chi connectivity index (χ1) is 4.72. The molecule has 58 valence electrons. The Morgan fingerprint density at radius 1 is 1.80 bits per heavy atom. The first-order valence-corrected chi connectivity index (χ1v) is 3.09. The lowest BCUT2D eigenvalue weighted by molar-refractivity contribution is -0.150.